The number of rotatable bonds is 9. The Kier molecular flexibility index (Phi) is 16.7. The number of alkyl halides is 2. The highest BCUT2D eigenvalue weighted by molar-refractivity contribution is 6.01. The van der Waals surface area contributed by atoms with Crippen LogP contribution in [0.25, 0.3) is 0 Å². The number of hydrogen-bond acceptors (Lipinski definition) is 16. The van der Waals surface area contributed by atoms with Crippen LogP contribution in [0, 0.1) is 40.4 Å². The number of nitrogens with zero attached hydrogens (tertiary/aromatic N) is 2. The summed E-state index contributed by atoms with van der Waals surface area (Å²) in [6.07, 6.45) is -7.73. The topological polar surface area (TPSA) is 237 Å². The van der Waals surface area contributed by atoms with Crippen molar-refractivity contribution in [1.82, 2.24) is 15.1 Å². The van der Waals surface area contributed by atoms with Gasteiger partial charge in [-0.05, 0) is 144 Å². The van der Waals surface area contributed by atoms with Crippen LogP contribution in [0.4, 0.5) is 8.78 Å². The summed E-state index contributed by atoms with van der Waals surface area (Å²) in [6, 6.07) is -1.13. The number of halogens is 2. The van der Waals surface area contributed by atoms with Crippen molar-refractivity contribution in [3.05, 3.63) is 23.8 Å². The molecule has 74 heavy (non-hydrogen) atoms. The van der Waals surface area contributed by atoms with Crippen LogP contribution >= 0.6 is 0 Å². The molecule has 0 spiro atoms. The van der Waals surface area contributed by atoms with E-state index in [0.29, 0.717) is 12.8 Å². The van der Waals surface area contributed by atoms with E-state index in [1.54, 1.807) is 48.5 Å². The first-order chi connectivity index (χ1) is 34.1. The van der Waals surface area contributed by atoms with E-state index in [0.717, 1.165) is 6.08 Å². The number of likely N-dealkylation sites (N-methyl/N-ethyl adjacent to an activating group) is 1. The monoisotopic (exact) mass is 1050 g/mol. The third kappa shape index (κ3) is 9.89. The number of carbonyl (C=O) groups excluding carboxylic acids is 3. The second-order valence-electron chi connectivity index (χ2n) is 25.2. The normalized spacial score (nSPS) is 50.1. The highest BCUT2D eigenvalue weighted by atomic mass is 19.1. The predicted molar refractivity (Wildman–Crippen MR) is 268 cm³/mol. The fourth-order valence-corrected chi connectivity index (χ4v) is 15.2. The highest BCUT2D eigenvalue weighted by Crippen LogP contribution is 2.72. The molecule has 0 bridgehead atoms. The summed E-state index contributed by atoms with van der Waals surface area (Å²) in [5.74, 6) is -7.22. The lowest BCUT2D eigenvalue weighted by atomic mass is 9.44. The first-order valence-electron chi connectivity index (χ1n) is 27.2. The van der Waals surface area contributed by atoms with Crippen LogP contribution in [0.2, 0.25) is 0 Å². The summed E-state index contributed by atoms with van der Waals surface area (Å²) in [5, 5.41) is 75.2. The van der Waals surface area contributed by atoms with Gasteiger partial charge in [0.1, 0.15) is 30.1 Å². The molecule has 7 N–H and O–H groups in total. The van der Waals surface area contributed by atoms with Crippen molar-refractivity contribution in [2.24, 2.45) is 40.4 Å². The molecule has 0 aromatic rings. The van der Waals surface area contributed by atoms with Gasteiger partial charge in [0, 0.05) is 54.4 Å². The number of carbonyl (C=O) groups is 3. The second-order valence-corrected chi connectivity index (χ2v) is 25.2. The molecule has 23 atom stereocenters. The lowest BCUT2D eigenvalue weighted by molar-refractivity contribution is -0.299. The molecule has 3 aliphatic heterocycles. The van der Waals surface area contributed by atoms with Gasteiger partial charge in [0.2, 0.25) is 0 Å². The molecule has 0 aromatic carbocycles. The lowest BCUT2D eigenvalue weighted by Crippen LogP contribution is -2.71. The Balaban J connectivity index is 1.14. The Morgan fingerprint density at radius 2 is 1.61 bits per heavy atom. The van der Waals surface area contributed by atoms with Crippen LogP contribution in [-0.2, 0) is 38.1 Å². The van der Waals surface area contributed by atoms with Crippen LogP contribution in [0.15, 0.2) is 23.8 Å². The zero-order valence-electron chi connectivity index (χ0n) is 46.2. The maximum Gasteiger partial charge on any atom is 0.311 e. The number of allylic oxidation sites excluding steroid dienone is 4. The van der Waals surface area contributed by atoms with Gasteiger partial charge in [-0.15, -0.1) is 0 Å². The van der Waals surface area contributed by atoms with Crippen molar-refractivity contribution in [2.45, 2.75) is 230 Å². The molecule has 6 fully saturated rings. The third-order valence-electron chi connectivity index (χ3n) is 19.2. The summed E-state index contributed by atoms with van der Waals surface area (Å²) in [7, 11) is 3.69. The maximum atomic E-state index is 18.1. The number of fused-ring (bicyclic) bond motifs is 7. The molecule has 0 aromatic heterocycles. The van der Waals surface area contributed by atoms with E-state index in [4.69, 9.17) is 23.7 Å². The lowest BCUT2D eigenvalue weighted by Gasteiger charge is -2.63. The molecule has 4 aliphatic carbocycles. The van der Waals surface area contributed by atoms with Crippen LogP contribution in [-0.4, -0.2) is 193 Å². The highest BCUT2D eigenvalue weighted by Gasteiger charge is 2.81. The maximum absolute atomic E-state index is 18.1. The van der Waals surface area contributed by atoms with E-state index in [9.17, 15) is 40.2 Å². The van der Waals surface area contributed by atoms with Gasteiger partial charge in [-0.1, -0.05) is 33.8 Å². The summed E-state index contributed by atoms with van der Waals surface area (Å²) >= 11 is 0. The number of ether oxygens (including phenoxy) is 5. The van der Waals surface area contributed by atoms with E-state index < -0.39 is 142 Å². The quantitative estimate of drug-likeness (QED) is 0.129. The second kappa shape index (κ2) is 20.9. The van der Waals surface area contributed by atoms with E-state index in [1.165, 1.54) is 32.9 Å². The van der Waals surface area contributed by atoms with Crippen molar-refractivity contribution < 1.29 is 77.5 Å². The smallest absolute Gasteiger partial charge is 0.311 e. The van der Waals surface area contributed by atoms with Gasteiger partial charge in [-0.2, -0.15) is 0 Å². The van der Waals surface area contributed by atoms with Crippen LogP contribution in [0.1, 0.15) is 128 Å². The number of nitrogens with one attached hydrogen (secondary N) is 1. The van der Waals surface area contributed by atoms with Crippen molar-refractivity contribution >= 4 is 17.7 Å². The molecule has 7 aliphatic rings. The minimum absolute atomic E-state index is 0.00380. The summed E-state index contributed by atoms with van der Waals surface area (Å²) in [5.41, 5.74) is -10.6. The number of hydrogen-bond donors (Lipinski definition) is 7. The number of aliphatic hydroxyl groups excluding tert-OH is 4. The number of esters is 1. The van der Waals surface area contributed by atoms with Gasteiger partial charge in [-0.3, -0.25) is 19.3 Å². The van der Waals surface area contributed by atoms with Crippen LogP contribution in [0.5, 0.6) is 0 Å². The van der Waals surface area contributed by atoms with Crippen molar-refractivity contribution in [2.75, 3.05) is 33.7 Å². The average molecular weight is 1050 g/mol. The fourth-order valence-electron chi connectivity index (χ4n) is 15.2. The Morgan fingerprint density at radius 3 is 2.24 bits per heavy atom. The molecule has 0 radical (unpaired) electrons. The molecular weight excluding hydrogens is 965 g/mol. The Labute approximate surface area is 436 Å². The third-order valence-corrected chi connectivity index (χ3v) is 19.2. The molecule has 422 valence electrons. The molecule has 3 saturated carbocycles. The number of cyclic esters (lactones) is 1. The largest absolute Gasteiger partial charge is 0.459 e. The fraction of sp³-hybridized carbons (Fsp3) is 0.873. The van der Waals surface area contributed by atoms with Crippen LogP contribution in [0.3, 0.4) is 0 Å². The molecule has 5 unspecified atom stereocenters. The van der Waals surface area contributed by atoms with Gasteiger partial charge >= 0.3 is 5.97 Å². The molecule has 3 saturated heterocycles. The Bertz CT molecular complexity index is 2140. The number of ketones is 1. The standard InChI is InChI=1S/C55H89F2N3O14/c1-15-40-53(12,69)44(65)32(6)60(27-28(2)25-52(11,68)45(30(4)42(63)31(5)46(66)71-40)72-47-43(64)38(59(13)14)21-29(3)70-47)20-16-19-58-48(67)55-41(73-49(7,8)74-55)24-34-35-23-37(56)36-22-33(61)17-18-50(36,9)54(35,57)39(62)26-51(34,55)10/h17-18,22,28-32,34-35,37-45,47,62-65,68-69H,15-16,19-21,23-27H2,1-14H3,(H,58,67)/t28-,29-,30+,31-,32-,34?,35?,37+,38-,39+,40-,41-,42?,43-,44-,45?,47+,50+,51+,52-,53?,54+,55+/m1/s1. The summed E-state index contributed by atoms with van der Waals surface area (Å²) in [6.45, 7) is 20.6. The predicted octanol–water partition coefficient (Wildman–Crippen LogP) is 3.67. The van der Waals surface area contributed by atoms with Gasteiger partial charge in [0.15, 0.2) is 29.1 Å². The summed E-state index contributed by atoms with van der Waals surface area (Å²) < 4.78 is 66.1. The first kappa shape index (κ1) is 59.1. The Hall–Kier alpha value is -2.53. The van der Waals surface area contributed by atoms with Gasteiger partial charge in [0.05, 0.1) is 42.0 Å². The zero-order chi connectivity index (χ0) is 55.2. The van der Waals surface area contributed by atoms with E-state index in [1.807, 2.05) is 37.7 Å². The Morgan fingerprint density at radius 1 is 0.946 bits per heavy atom. The van der Waals surface area contributed by atoms with Gasteiger partial charge < -0.3 is 64.5 Å². The van der Waals surface area contributed by atoms with Gasteiger partial charge in [-0.25, -0.2) is 8.78 Å². The SMILES string of the molecule is CC[C@H]1OC(=O)[C@H](C)C(O)[C@H](C)C(O[C@@H]2O[C@H](C)C[C@@H](N(C)C)[C@H]2O)[C@](C)(O)C[C@@H](C)CN(CCCNC(=O)[C@@]23OC(C)(C)O[C@@H]2CC2C4C[C@H](F)C5=CC(=O)C=C[C@]5(C)[C@@]4(F)[C@@H](O)C[C@@]23C)[C@H](C)[C@@H](O)C1(C)O. The van der Waals surface area contributed by atoms with Crippen molar-refractivity contribution in [1.29, 1.82) is 0 Å². The molecule has 19 heteroatoms. The van der Waals surface area contributed by atoms with E-state index in [-0.39, 0.29) is 75.4 Å². The molecule has 3 heterocycles. The van der Waals surface area contributed by atoms with Crippen LogP contribution < -0.4 is 5.32 Å². The number of amides is 1. The minimum atomic E-state index is -2.37. The van der Waals surface area contributed by atoms with Crippen molar-refractivity contribution in [3.63, 3.8) is 0 Å². The molecule has 1 amide bonds. The van der Waals surface area contributed by atoms with Crippen molar-refractivity contribution in [3.8, 4) is 0 Å². The number of aliphatic hydroxyl groups is 6. The molecule has 7 rings (SSSR count). The average Bonchev–Trinajstić information content (AvgIpc) is 3.73. The first-order valence-corrected chi connectivity index (χ1v) is 27.2. The van der Waals surface area contributed by atoms with E-state index in [2.05, 4.69) is 5.32 Å². The van der Waals surface area contributed by atoms with E-state index >= 15 is 13.6 Å². The molecular formula is C55H89F2N3O14. The van der Waals surface area contributed by atoms with Gasteiger partial charge in [0.25, 0.3) is 5.91 Å². The summed E-state index contributed by atoms with van der Waals surface area (Å²) in [4.78, 5) is 45.1. The minimum Gasteiger partial charge on any atom is -0.459 e. The molecule has 17 nitrogen and oxygen atoms in total. The zero-order valence-corrected chi connectivity index (χ0v) is 46.2.